The van der Waals surface area contributed by atoms with Crippen molar-refractivity contribution in [1.29, 1.82) is 0 Å². The van der Waals surface area contributed by atoms with Gasteiger partial charge in [0, 0.05) is 6.42 Å². The highest BCUT2D eigenvalue weighted by Crippen LogP contribution is 2.47. The van der Waals surface area contributed by atoms with Crippen LogP contribution in [0.5, 0.6) is 0 Å². The second-order valence-corrected chi connectivity index (χ2v) is 7.52. The smallest absolute Gasteiger partial charge is 0.310 e. The van der Waals surface area contributed by atoms with Crippen LogP contribution in [-0.4, -0.2) is 41.6 Å². The first-order valence-corrected chi connectivity index (χ1v) is 9.17. The zero-order valence-electron chi connectivity index (χ0n) is 14.3. The summed E-state index contributed by atoms with van der Waals surface area (Å²) in [6.07, 6.45) is 2.05. The Balaban J connectivity index is 2.27. The van der Waals surface area contributed by atoms with E-state index in [0.717, 1.165) is 5.56 Å². The molecule has 2 rings (SSSR count). The molecule has 5 nitrogen and oxygen atoms in total. The van der Waals surface area contributed by atoms with Crippen LogP contribution in [0.4, 0.5) is 0 Å². The number of benzene rings is 1. The first-order chi connectivity index (χ1) is 11.3. The van der Waals surface area contributed by atoms with Crippen molar-refractivity contribution in [3.63, 3.8) is 0 Å². The number of ether oxygens (including phenoxy) is 2. The predicted molar refractivity (Wildman–Crippen MR) is 93.0 cm³/mol. The summed E-state index contributed by atoms with van der Waals surface area (Å²) in [5.74, 6) is -2.02. The van der Waals surface area contributed by atoms with E-state index in [2.05, 4.69) is 0 Å². The number of Topliss-reactive ketones (excluding diaryl/α,β-unsaturated/α-hetero) is 1. The predicted octanol–water partition coefficient (Wildman–Crippen LogP) is 3.22. The van der Waals surface area contributed by atoms with Crippen molar-refractivity contribution in [3.05, 3.63) is 35.9 Å². The number of hydrogen-bond acceptors (Lipinski definition) is 5. The molecule has 2 atom stereocenters. The average Bonchev–Trinajstić information content (AvgIpc) is 2.89. The van der Waals surface area contributed by atoms with Gasteiger partial charge < -0.3 is 14.6 Å². The van der Waals surface area contributed by atoms with Gasteiger partial charge in [0.2, 0.25) is 0 Å². The Bertz CT molecular complexity index is 586. The van der Waals surface area contributed by atoms with Gasteiger partial charge in [0.05, 0.1) is 11.4 Å². The van der Waals surface area contributed by atoms with Gasteiger partial charge in [0.15, 0.2) is 5.79 Å². The number of aliphatic carboxylic acids is 1. The molecule has 1 aromatic carbocycles. The lowest BCUT2D eigenvalue weighted by molar-refractivity contribution is -0.143. The Hall–Kier alpha value is -1.37. The fourth-order valence-corrected chi connectivity index (χ4v) is 4.12. The van der Waals surface area contributed by atoms with Crippen molar-refractivity contribution >= 4 is 23.5 Å². The lowest BCUT2D eigenvalue weighted by Crippen LogP contribution is -2.40. The molecular weight excluding hydrogens is 328 g/mol. The van der Waals surface area contributed by atoms with E-state index in [1.807, 2.05) is 50.4 Å². The molecule has 132 valence electrons. The number of carbonyl (C=O) groups excluding carboxylic acids is 1. The van der Waals surface area contributed by atoms with Gasteiger partial charge in [-0.15, -0.1) is 0 Å². The summed E-state index contributed by atoms with van der Waals surface area (Å²) in [7, 11) is 0. The van der Waals surface area contributed by atoms with E-state index >= 15 is 0 Å². The Kier molecular flexibility index (Phi) is 6.06. The number of carbonyl (C=O) groups is 2. The molecule has 24 heavy (non-hydrogen) atoms. The maximum Gasteiger partial charge on any atom is 0.310 e. The quantitative estimate of drug-likeness (QED) is 0.724. The SMILES string of the molecule is CSC(CCC(=O)CC(=O)O)(c1ccccc1)C1COC(C)(C)O1. The van der Waals surface area contributed by atoms with E-state index in [0.29, 0.717) is 13.0 Å². The van der Waals surface area contributed by atoms with Crippen molar-refractivity contribution in [3.8, 4) is 0 Å². The Morgan fingerprint density at radius 3 is 2.50 bits per heavy atom. The van der Waals surface area contributed by atoms with E-state index in [1.165, 1.54) is 0 Å². The molecule has 1 aromatic rings. The lowest BCUT2D eigenvalue weighted by atomic mass is 9.87. The molecule has 1 aliphatic rings. The fraction of sp³-hybridized carbons (Fsp3) is 0.556. The minimum atomic E-state index is -1.09. The maximum atomic E-state index is 11.9. The number of rotatable bonds is 8. The van der Waals surface area contributed by atoms with Gasteiger partial charge in [-0.1, -0.05) is 30.3 Å². The zero-order valence-corrected chi connectivity index (χ0v) is 15.1. The van der Waals surface area contributed by atoms with Gasteiger partial charge in [-0.2, -0.15) is 11.8 Å². The van der Waals surface area contributed by atoms with Crippen LogP contribution in [0, 0.1) is 0 Å². The van der Waals surface area contributed by atoms with Crippen LogP contribution in [0.1, 0.15) is 38.7 Å². The first-order valence-electron chi connectivity index (χ1n) is 7.95. The highest BCUT2D eigenvalue weighted by atomic mass is 32.2. The topological polar surface area (TPSA) is 72.8 Å². The molecule has 0 radical (unpaired) electrons. The molecule has 0 aliphatic carbocycles. The maximum absolute atomic E-state index is 11.9. The summed E-state index contributed by atoms with van der Waals surface area (Å²) in [6, 6.07) is 9.90. The molecular formula is C18H24O5S. The van der Waals surface area contributed by atoms with Crippen LogP contribution < -0.4 is 0 Å². The third-order valence-electron chi connectivity index (χ3n) is 4.28. The number of carboxylic acids is 1. The third-order valence-corrected chi connectivity index (χ3v) is 5.71. The molecule has 0 bridgehead atoms. The molecule has 1 saturated heterocycles. The molecule has 0 aromatic heterocycles. The largest absolute Gasteiger partial charge is 0.481 e. The van der Waals surface area contributed by atoms with Crippen LogP contribution in [0.15, 0.2) is 30.3 Å². The molecule has 6 heteroatoms. The zero-order chi connectivity index (χ0) is 17.8. The molecule has 0 saturated carbocycles. The van der Waals surface area contributed by atoms with Gasteiger partial charge in [0.1, 0.15) is 18.3 Å². The minimum absolute atomic E-state index is 0.197. The number of hydrogen-bond donors (Lipinski definition) is 1. The molecule has 1 fully saturated rings. The Morgan fingerprint density at radius 2 is 2.00 bits per heavy atom. The van der Waals surface area contributed by atoms with Crippen LogP contribution in [0.2, 0.25) is 0 Å². The van der Waals surface area contributed by atoms with E-state index in [-0.39, 0.29) is 18.3 Å². The normalized spacial score (nSPS) is 22.0. The molecule has 1 N–H and O–H groups in total. The van der Waals surface area contributed by atoms with Crippen molar-refractivity contribution in [2.45, 2.75) is 49.7 Å². The highest BCUT2D eigenvalue weighted by Gasteiger charge is 2.47. The summed E-state index contributed by atoms with van der Waals surface area (Å²) in [4.78, 5) is 22.7. The minimum Gasteiger partial charge on any atom is -0.481 e. The number of carboxylic acid groups (broad SMARTS) is 1. The summed E-state index contributed by atoms with van der Waals surface area (Å²) in [5.41, 5.74) is 1.06. The molecule has 1 heterocycles. The van der Waals surface area contributed by atoms with Gasteiger partial charge in [-0.25, -0.2) is 0 Å². The standard InChI is InChI=1S/C18H24O5S/c1-17(2)22-12-15(23-17)18(24-3,13-7-5-4-6-8-13)10-9-14(19)11-16(20)21/h4-8,15H,9-12H2,1-3H3,(H,20,21). The van der Waals surface area contributed by atoms with Crippen LogP contribution in [-0.2, 0) is 23.8 Å². The monoisotopic (exact) mass is 352 g/mol. The number of ketones is 1. The third kappa shape index (κ3) is 4.37. The average molecular weight is 352 g/mol. The van der Waals surface area contributed by atoms with Crippen molar-refractivity contribution in [2.24, 2.45) is 0 Å². The lowest BCUT2D eigenvalue weighted by Gasteiger charge is -2.37. The van der Waals surface area contributed by atoms with Crippen LogP contribution >= 0.6 is 11.8 Å². The van der Waals surface area contributed by atoms with E-state index in [1.54, 1.807) is 11.8 Å². The second-order valence-electron chi connectivity index (χ2n) is 6.39. The summed E-state index contributed by atoms with van der Waals surface area (Å²) < 4.78 is 11.4. The van der Waals surface area contributed by atoms with Gasteiger partial charge in [0.25, 0.3) is 0 Å². The summed E-state index contributed by atoms with van der Waals surface area (Å²) in [6.45, 7) is 4.19. The van der Waals surface area contributed by atoms with E-state index in [9.17, 15) is 9.59 Å². The first kappa shape index (κ1) is 19.0. The van der Waals surface area contributed by atoms with Crippen molar-refractivity contribution in [1.82, 2.24) is 0 Å². The molecule has 1 aliphatic heterocycles. The Labute approximate surface area is 146 Å². The summed E-state index contributed by atoms with van der Waals surface area (Å²) in [5, 5.41) is 8.80. The van der Waals surface area contributed by atoms with Gasteiger partial charge >= 0.3 is 5.97 Å². The molecule has 2 unspecified atom stereocenters. The highest BCUT2D eigenvalue weighted by molar-refractivity contribution is 7.99. The molecule has 0 amide bonds. The van der Waals surface area contributed by atoms with E-state index < -0.39 is 22.9 Å². The van der Waals surface area contributed by atoms with Crippen LogP contribution in [0.25, 0.3) is 0 Å². The van der Waals surface area contributed by atoms with Gasteiger partial charge in [-0.3, -0.25) is 9.59 Å². The fourth-order valence-electron chi connectivity index (χ4n) is 3.06. The Morgan fingerprint density at radius 1 is 1.33 bits per heavy atom. The number of thioether (sulfide) groups is 1. The van der Waals surface area contributed by atoms with Gasteiger partial charge in [-0.05, 0) is 32.1 Å². The summed E-state index contributed by atoms with van der Waals surface area (Å²) >= 11 is 1.62. The second kappa shape index (κ2) is 7.68. The van der Waals surface area contributed by atoms with Crippen LogP contribution in [0.3, 0.4) is 0 Å². The van der Waals surface area contributed by atoms with Crippen molar-refractivity contribution < 1.29 is 24.2 Å². The molecule has 0 spiro atoms. The van der Waals surface area contributed by atoms with E-state index in [4.69, 9.17) is 14.6 Å². The van der Waals surface area contributed by atoms with Crippen molar-refractivity contribution in [2.75, 3.05) is 12.9 Å².